The average Bonchev–Trinajstić information content (AvgIpc) is 2.50. The van der Waals surface area contributed by atoms with Crippen molar-refractivity contribution in [2.24, 2.45) is 0 Å². The lowest BCUT2D eigenvalue weighted by Gasteiger charge is -2.11. The number of amides is 1. The molecular weight excluding hydrogens is 270 g/mol. The van der Waals surface area contributed by atoms with Crippen molar-refractivity contribution in [1.29, 1.82) is 0 Å². The highest BCUT2D eigenvalue weighted by atomic mass is 16.5. The molecule has 0 spiro atoms. The van der Waals surface area contributed by atoms with Gasteiger partial charge in [-0.15, -0.1) is 0 Å². The van der Waals surface area contributed by atoms with E-state index in [1.54, 1.807) is 37.4 Å². The van der Waals surface area contributed by atoms with Gasteiger partial charge < -0.3 is 19.9 Å². The summed E-state index contributed by atoms with van der Waals surface area (Å²) < 4.78 is 10.6. The fraction of sp³-hybridized carbons (Fsp3) is 0.188. The van der Waals surface area contributed by atoms with Crippen molar-refractivity contribution in [3.05, 3.63) is 48.0 Å². The zero-order valence-corrected chi connectivity index (χ0v) is 11.9. The Balaban J connectivity index is 2.18. The number of nitrogens with one attached hydrogen (secondary N) is 1. The molecule has 0 unspecified atom stereocenters. The Morgan fingerprint density at radius 3 is 2.48 bits per heavy atom. The second kappa shape index (κ2) is 6.65. The first kappa shape index (κ1) is 14.7. The minimum absolute atomic E-state index is 0.149. The van der Waals surface area contributed by atoms with E-state index in [1.165, 1.54) is 12.1 Å². The van der Waals surface area contributed by atoms with E-state index in [0.717, 1.165) is 0 Å². The number of aromatic hydroxyl groups is 1. The summed E-state index contributed by atoms with van der Waals surface area (Å²) in [4.78, 5) is 12.2. The van der Waals surface area contributed by atoms with Crippen LogP contribution >= 0.6 is 0 Å². The molecule has 0 aliphatic rings. The number of anilines is 1. The summed E-state index contributed by atoms with van der Waals surface area (Å²) >= 11 is 0. The molecule has 2 rings (SSSR count). The van der Waals surface area contributed by atoms with Gasteiger partial charge in [-0.3, -0.25) is 4.79 Å². The number of phenolic OH excluding ortho intramolecular Hbond substituents is 1. The fourth-order valence-corrected chi connectivity index (χ4v) is 1.83. The number of carbonyl (C=O) groups excluding carboxylic acids is 1. The van der Waals surface area contributed by atoms with E-state index in [2.05, 4.69) is 5.32 Å². The summed E-state index contributed by atoms with van der Waals surface area (Å²) in [6.07, 6.45) is 0. The van der Waals surface area contributed by atoms with Crippen LogP contribution in [0.1, 0.15) is 17.3 Å². The van der Waals surface area contributed by atoms with Crippen molar-refractivity contribution in [3.8, 4) is 17.2 Å². The number of hydrogen-bond acceptors (Lipinski definition) is 4. The van der Waals surface area contributed by atoms with Crippen molar-refractivity contribution in [2.45, 2.75) is 6.92 Å². The van der Waals surface area contributed by atoms with Crippen molar-refractivity contribution >= 4 is 11.6 Å². The summed E-state index contributed by atoms with van der Waals surface area (Å²) in [5.41, 5.74) is 1.07. The molecule has 5 heteroatoms. The molecule has 0 aliphatic heterocycles. The van der Waals surface area contributed by atoms with Crippen LogP contribution in [0.3, 0.4) is 0 Å². The summed E-state index contributed by atoms with van der Waals surface area (Å²) in [5, 5.41) is 12.0. The van der Waals surface area contributed by atoms with Gasteiger partial charge in [-0.05, 0) is 49.4 Å². The number of ether oxygens (including phenoxy) is 2. The number of methoxy groups -OCH3 is 1. The van der Waals surface area contributed by atoms with E-state index in [9.17, 15) is 9.90 Å². The monoisotopic (exact) mass is 287 g/mol. The molecule has 0 fully saturated rings. The van der Waals surface area contributed by atoms with Crippen molar-refractivity contribution in [1.82, 2.24) is 0 Å². The Morgan fingerprint density at radius 1 is 1.14 bits per heavy atom. The maximum Gasteiger partial charge on any atom is 0.255 e. The normalized spacial score (nSPS) is 10.0. The minimum atomic E-state index is -0.260. The lowest BCUT2D eigenvalue weighted by molar-refractivity contribution is 0.102. The maximum atomic E-state index is 12.2. The van der Waals surface area contributed by atoms with Gasteiger partial charge in [0.15, 0.2) is 11.5 Å². The maximum absolute atomic E-state index is 12.2. The molecule has 0 saturated heterocycles. The first-order valence-electron chi connectivity index (χ1n) is 6.55. The Hall–Kier alpha value is -2.69. The molecule has 0 atom stereocenters. The molecule has 0 aliphatic carbocycles. The highest BCUT2D eigenvalue weighted by Gasteiger charge is 2.11. The number of benzene rings is 2. The SMILES string of the molecule is CCOc1cc(C(=O)Nc2ccc(O)cc2)ccc1OC. The highest BCUT2D eigenvalue weighted by molar-refractivity contribution is 6.04. The van der Waals surface area contributed by atoms with E-state index in [4.69, 9.17) is 9.47 Å². The zero-order valence-electron chi connectivity index (χ0n) is 11.9. The fourth-order valence-electron chi connectivity index (χ4n) is 1.83. The van der Waals surface area contributed by atoms with Crippen molar-refractivity contribution < 1.29 is 19.4 Å². The van der Waals surface area contributed by atoms with Gasteiger partial charge >= 0.3 is 0 Å². The van der Waals surface area contributed by atoms with Gasteiger partial charge in [-0.25, -0.2) is 0 Å². The van der Waals surface area contributed by atoms with Crippen LogP contribution in [0.2, 0.25) is 0 Å². The Bertz CT molecular complexity index is 623. The Labute approximate surface area is 123 Å². The van der Waals surface area contributed by atoms with Crippen LogP contribution in [0.15, 0.2) is 42.5 Å². The summed E-state index contributed by atoms with van der Waals surface area (Å²) in [6, 6.07) is 11.3. The molecule has 0 bridgehead atoms. The van der Waals surface area contributed by atoms with E-state index in [-0.39, 0.29) is 11.7 Å². The van der Waals surface area contributed by atoms with Crippen LogP contribution < -0.4 is 14.8 Å². The number of phenols is 1. The predicted octanol–water partition coefficient (Wildman–Crippen LogP) is 3.05. The number of carbonyl (C=O) groups is 1. The van der Waals surface area contributed by atoms with Crippen LogP contribution in [-0.4, -0.2) is 24.7 Å². The van der Waals surface area contributed by atoms with Crippen LogP contribution in [0, 0.1) is 0 Å². The van der Waals surface area contributed by atoms with E-state index in [1.807, 2.05) is 6.92 Å². The van der Waals surface area contributed by atoms with E-state index < -0.39 is 0 Å². The lowest BCUT2D eigenvalue weighted by Crippen LogP contribution is -2.12. The molecule has 0 aromatic heterocycles. The standard InChI is InChI=1S/C16H17NO4/c1-3-21-15-10-11(4-9-14(15)20-2)16(19)17-12-5-7-13(18)8-6-12/h4-10,18H,3H2,1-2H3,(H,17,19). The minimum Gasteiger partial charge on any atom is -0.508 e. The van der Waals surface area contributed by atoms with E-state index in [0.29, 0.717) is 29.4 Å². The van der Waals surface area contributed by atoms with Crippen LogP contribution in [0.5, 0.6) is 17.2 Å². The topological polar surface area (TPSA) is 67.8 Å². The van der Waals surface area contributed by atoms with Gasteiger partial charge in [0.1, 0.15) is 5.75 Å². The second-order valence-electron chi connectivity index (χ2n) is 4.30. The van der Waals surface area contributed by atoms with Gasteiger partial charge in [0.05, 0.1) is 13.7 Å². The summed E-state index contributed by atoms with van der Waals surface area (Å²) in [6.45, 7) is 2.35. The first-order chi connectivity index (χ1) is 10.1. The third-order valence-electron chi connectivity index (χ3n) is 2.85. The molecule has 1 amide bonds. The van der Waals surface area contributed by atoms with Crippen LogP contribution in [-0.2, 0) is 0 Å². The summed E-state index contributed by atoms with van der Waals surface area (Å²) in [5.74, 6) is 0.997. The third-order valence-corrected chi connectivity index (χ3v) is 2.85. The van der Waals surface area contributed by atoms with E-state index >= 15 is 0 Å². The number of hydrogen-bond donors (Lipinski definition) is 2. The van der Waals surface area contributed by atoms with Gasteiger partial charge in [0.25, 0.3) is 5.91 Å². The van der Waals surface area contributed by atoms with Crippen molar-refractivity contribution in [3.63, 3.8) is 0 Å². The molecule has 0 saturated carbocycles. The molecule has 5 nitrogen and oxygen atoms in total. The molecular formula is C16H17NO4. The third kappa shape index (κ3) is 3.66. The second-order valence-corrected chi connectivity index (χ2v) is 4.30. The molecule has 2 aromatic carbocycles. The smallest absolute Gasteiger partial charge is 0.255 e. The molecule has 0 radical (unpaired) electrons. The molecule has 0 heterocycles. The van der Waals surface area contributed by atoms with Gasteiger partial charge in [-0.2, -0.15) is 0 Å². The largest absolute Gasteiger partial charge is 0.508 e. The summed E-state index contributed by atoms with van der Waals surface area (Å²) in [7, 11) is 1.55. The quantitative estimate of drug-likeness (QED) is 0.829. The Morgan fingerprint density at radius 2 is 1.86 bits per heavy atom. The van der Waals surface area contributed by atoms with Gasteiger partial charge in [-0.1, -0.05) is 0 Å². The molecule has 110 valence electrons. The predicted molar refractivity (Wildman–Crippen MR) is 80.2 cm³/mol. The zero-order chi connectivity index (χ0) is 15.2. The van der Waals surface area contributed by atoms with Gasteiger partial charge in [0, 0.05) is 11.3 Å². The number of rotatable bonds is 5. The molecule has 2 N–H and O–H groups in total. The van der Waals surface area contributed by atoms with Gasteiger partial charge in [0.2, 0.25) is 0 Å². The molecule has 2 aromatic rings. The Kier molecular flexibility index (Phi) is 4.66. The van der Waals surface area contributed by atoms with Crippen LogP contribution in [0.25, 0.3) is 0 Å². The van der Waals surface area contributed by atoms with Crippen LogP contribution in [0.4, 0.5) is 5.69 Å². The highest BCUT2D eigenvalue weighted by Crippen LogP contribution is 2.28. The molecule has 21 heavy (non-hydrogen) atoms. The average molecular weight is 287 g/mol. The first-order valence-corrected chi connectivity index (χ1v) is 6.55. The lowest BCUT2D eigenvalue weighted by atomic mass is 10.2. The van der Waals surface area contributed by atoms with Crippen molar-refractivity contribution in [2.75, 3.05) is 19.0 Å².